The van der Waals surface area contributed by atoms with Gasteiger partial charge in [0.05, 0.1) is 4.92 Å². The van der Waals surface area contributed by atoms with E-state index in [0.717, 1.165) is 0 Å². The molecule has 0 amide bonds. The number of nitrogens with zero attached hydrogens (tertiary/aromatic N) is 1. The molecule has 0 saturated carbocycles. The van der Waals surface area contributed by atoms with E-state index in [1.807, 2.05) is 0 Å². The van der Waals surface area contributed by atoms with Crippen LogP contribution in [0.5, 0.6) is 0 Å². The fourth-order valence-corrected chi connectivity index (χ4v) is 0.970. The second-order valence-electron chi connectivity index (χ2n) is 2.36. The summed E-state index contributed by atoms with van der Waals surface area (Å²) in [4.78, 5) is 10.0. The van der Waals surface area contributed by atoms with Gasteiger partial charge in [-0.1, -0.05) is 24.4 Å². The van der Waals surface area contributed by atoms with Gasteiger partial charge in [0.2, 0.25) is 0 Å². The van der Waals surface area contributed by atoms with Crippen LogP contribution in [0.1, 0.15) is 0 Å². The van der Waals surface area contributed by atoms with Gasteiger partial charge < -0.3 is 0 Å². The van der Waals surface area contributed by atoms with Crippen LogP contribution in [0.25, 0.3) is 0 Å². The first-order valence-electron chi connectivity index (χ1n) is 3.48. The normalized spacial score (nSPS) is 9.42. The lowest BCUT2D eigenvalue weighted by molar-refractivity contribution is -0.383. The molecule has 0 N–H and O–H groups in total. The summed E-state index contributed by atoms with van der Waals surface area (Å²) in [5.74, 6) is 0. The minimum absolute atomic E-state index is 0.0895. The predicted molar refractivity (Wildman–Crippen MR) is 49.7 cm³/mol. The largest absolute Gasteiger partial charge is 0.263 e. The summed E-state index contributed by atoms with van der Waals surface area (Å²) >= 11 is 0. The fourth-order valence-electron chi connectivity index (χ4n) is 0.970. The molecule has 0 unspecified atom stereocenters. The molecule has 0 saturated heterocycles. The van der Waals surface area contributed by atoms with E-state index in [2.05, 4.69) is 0 Å². The lowest BCUT2D eigenvalue weighted by Gasteiger charge is -1.99. The Morgan fingerprint density at radius 2 is 2.25 bits per heavy atom. The number of hydrogen-bond donors (Lipinski definition) is 0. The topological polar surface area (TPSA) is 43.1 Å². The van der Waals surface area contributed by atoms with Crippen molar-refractivity contribution in [2.24, 2.45) is 0 Å². The van der Waals surface area contributed by atoms with Crippen LogP contribution in [0.4, 0.5) is 5.69 Å². The van der Waals surface area contributed by atoms with E-state index in [1.165, 1.54) is 12.1 Å². The summed E-state index contributed by atoms with van der Waals surface area (Å²) in [7, 11) is 7.12. The van der Waals surface area contributed by atoms with Crippen molar-refractivity contribution < 1.29 is 4.92 Å². The fraction of sp³-hybridized carbons (Fsp3) is 0.143. The lowest BCUT2D eigenvalue weighted by Crippen LogP contribution is -2.21. The van der Waals surface area contributed by atoms with Crippen molar-refractivity contribution in [3.63, 3.8) is 0 Å². The Labute approximate surface area is 72.6 Å². The molecule has 3 nitrogen and oxygen atoms in total. The molecule has 3 radical (unpaired) electrons. The first kappa shape index (κ1) is 8.84. The van der Waals surface area contributed by atoms with Gasteiger partial charge in [-0.05, 0) is 5.46 Å². The van der Waals surface area contributed by atoms with Gasteiger partial charge in [0.15, 0.2) is 7.28 Å². The SMILES string of the molecule is [B]c1ccc([N+](=O)[O-])c([B]C)c1. The highest BCUT2D eigenvalue weighted by molar-refractivity contribution is 6.54. The third kappa shape index (κ3) is 1.67. The van der Waals surface area contributed by atoms with Gasteiger partial charge in [-0.15, -0.1) is 0 Å². The van der Waals surface area contributed by atoms with Crippen molar-refractivity contribution in [2.75, 3.05) is 0 Å². The number of rotatable bonds is 2. The van der Waals surface area contributed by atoms with Gasteiger partial charge in [0.1, 0.15) is 7.85 Å². The molecule has 0 aliphatic heterocycles. The number of hydrogen-bond acceptors (Lipinski definition) is 2. The van der Waals surface area contributed by atoms with Gasteiger partial charge >= 0.3 is 0 Å². The summed E-state index contributed by atoms with van der Waals surface area (Å²) < 4.78 is 0. The molecule has 12 heavy (non-hydrogen) atoms. The quantitative estimate of drug-likeness (QED) is 0.338. The molecule has 0 aromatic heterocycles. The molecular formula is C7H6B2NO2. The molecular weight excluding hydrogens is 152 g/mol. The van der Waals surface area contributed by atoms with Crippen LogP contribution >= 0.6 is 0 Å². The second kappa shape index (κ2) is 3.43. The number of nitro groups is 1. The second-order valence-corrected chi connectivity index (χ2v) is 2.36. The van der Waals surface area contributed by atoms with E-state index in [0.29, 0.717) is 10.9 Å². The van der Waals surface area contributed by atoms with Gasteiger partial charge in [-0.2, -0.15) is 0 Å². The third-order valence-electron chi connectivity index (χ3n) is 1.56. The molecule has 0 heterocycles. The Balaban J connectivity index is 3.20. The predicted octanol–water partition coefficient (Wildman–Crippen LogP) is -0.234. The Hall–Kier alpha value is -1.25. The standard InChI is InChI=1S/C7H6B2NO2/c1-9-6-4-5(8)2-3-7(6)10(11)12/h2-4H,1H3. The minimum Gasteiger partial charge on any atom is -0.258 e. The monoisotopic (exact) mass is 158 g/mol. The highest BCUT2D eigenvalue weighted by atomic mass is 16.6. The maximum absolute atomic E-state index is 10.4. The molecule has 0 spiro atoms. The zero-order valence-electron chi connectivity index (χ0n) is 6.65. The molecule has 57 valence electrons. The van der Waals surface area contributed by atoms with Crippen LogP contribution < -0.4 is 10.9 Å². The Bertz CT molecular complexity index is 314. The van der Waals surface area contributed by atoms with Crippen LogP contribution in [-0.2, 0) is 0 Å². The third-order valence-corrected chi connectivity index (χ3v) is 1.56. The van der Waals surface area contributed by atoms with Crippen LogP contribution in [0, 0.1) is 10.1 Å². The highest BCUT2D eigenvalue weighted by Crippen LogP contribution is 2.03. The minimum atomic E-state index is -0.422. The zero-order chi connectivity index (χ0) is 9.14. The van der Waals surface area contributed by atoms with E-state index in [-0.39, 0.29) is 5.69 Å². The van der Waals surface area contributed by atoms with Gasteiger partial charge in [0.25, 0.3) is 5.69 Å². The van der Waals surface area contributed by atoms with Crippen LogP contribution in [0.15, 0.2) is 18.2 Å². The Kier molecular flexibility index (Phi) is 2.53. The molecule has 0 aliphatic carbocycles. The summed E-state index contributed by atoms with van der Waals surface area (Å²) in [6.07, 6.45) is 0. The molecule has 0 bridgehead atoms. The highest BCUT2D eigenvalue weighted by Gasteiger charge is 2.10. The average Bonchev–Trinajstić information content (AvgIpc) is 2.03. The maximum Gasteiger partial charge on any atom is 0.263 e. The van der Waals surface area contributed by atoms with Crippen molar-refractivity contribution in [3.8, 4) is 0 Å². The lowest BCUT2D eigenvalue weighted by atomic mass is 9.70. The van der Waals surface area contributed by atoms with E-state index < -0.39 is 4.92 Å². The number of nitro benzene ring substituents is 1. The molecule has 0 fully saturated rings. The summed E-state index contributed by atoms with van der Waals surface area (Å²) in [6.45, 7) is 1.74. The van der Waals surface area contributed by atoms with Crippen LogP contribution in [0.2, 0.25) is 6.82 Å². The zero-order valence-corrected chi connectivity index (χ0v) is 6.65. The van der Waals surface area contributed by atoms with E-state index in [4.69, 9.17) is 7.85 Å². The van der Waals surface area contributed by atoms with E-state index in [1.54, 1.807) is 20.2 Å². The van der Waals surface area contributed by atoms with Gasteiger partial charge in [0, 0.05) is 6.07 Å². The summed E-state index contributed by atoms with van der Waals surface area (Å²) in [5.41, 5.74) is 1.18. The van der Waals surface area contributed by atoms with Crippen LogP contribution in [-0.4, -0.2) is 20.0 Å². The molecule has 0 atom stereocenters. The number of benzene rings is 1. The van der Waals surface area contributed by atoms with Crippen molar-refractivity contribution >= 4 is 31.7 Å². The maximum atomic E-state index is 10.4. The van der Waals surface area contributed by atoms with Crippen molar-refractivity contribution in [1.82, 2.24) is 0 Å². The van der Waals surface area contributed by atoms with Crippen molar-refractivity contribution in [3.05, 3.63) is 28.3 Å². The summed E-state index contributed by atoms with van der Waals surface area (Å²) in [6, 6.07) is 4.51. The molecule has 5 heteroatoms. The van der Waals surface area contributed by atoms with Crippen molar-refractivity contribution in [1.29, 1.82) is 0 Å². The molecule has 1 rings (SSSR count). The summed E-state index contributed by atoms with van der Waals surface area (Å²) in [5, 5.41) is 10.4. The Morgan fingerprint density at radius 3 is 2.75 bits per heavy atom. The van der Waals surface area contributed by atoms with Gasteiger partial charge in [-0.25, -0.2) is 0 Å². The molecule has 0 aliphatic rings. The first-order chi connectivity index (χ1) is 5.65. The molecule has 1 aromatic rings. The Morgan fingerprint density at radius 1 is 1.58 bits per heavy atom. The molecule has 1 aromatic carbocycles. The van der Waals surface area contributed by atoms with E-state index >= 15 is 0 Å². The van der Waals surface area contributed by atoms with Gasteiger partial charge in [-0.3, -0.25) is 10.1 Å². The smallest absolute Gasteiger partial charge is 0.258 e. The first-order valence-corrected chi connectivity index (χ1v) is 3.48. The van der Waals surface area contributed by atoms with Crippen LogP contribution in [0.3, 0.4) is 0 Å². The van der Waals surface area contributed by atoms with Crippen molar-refractivity contribution in [2.45, 2.75) is 6.82 Å². The average molecular weight is 158 g/mol. The van der Waals surface area contributed by atoms with E-state index in [9.17, 15) is 10.1 Å².